The van der Waals surface area contributed by atoms with Crippen LogP contribution in [0.4, 0.5) is 0 Å². The lowest BCUT2D eigenvalue weighted by Crippen LogP contribution is -1.94. The molecule has 22 heavy (non-hydrogen) atoms. The number of rotatable bonds is 5. The second-order valence-electron chi connectivity index (χ2n) is 4.72. The molecule has 1 aromatic carbocycles. The average molecular weight is 309 g/mol. The van der Waals surface area contributed by atoms with Gasteiger partial charge in [-0.05, 0) is 19.1 Å². The van der Waals surface area contributed by atoms with E-state index in [1.165, 1.54) is 0 Å². The van der Waals surface area contributed by atoms with Gasteiger partial charge in [-0.2, -0.15) is 5.10 Å². The third-order valence-corrected chi connectivity index (χ3v) is 4.20. The quantitative estimate of drug-likeness (QED) is 0.530. The lowest BCUT2D eigenvalue weighted by molar-refractivity contribution is 0.104. The van der Waals surface area contributed by atoms with Crippen molar-refractivity contribution in [2.24, 2.45) is 0 Å². The van der Waals surface area contributed by atoms with Crippen LogP contribution in [-0.4, -0.2) is 20.5 Å². The number of hydrogen-bond donors (Lipinski definition) is 0. The summed E-state index contributed by atoms with van der Waals surface area (Å²) in [4.78, 5) is 17.4. The molecule has 5 heteroatoms. The van der Waals surface area contributed by atoms with Gasteiger partial charge in [0.2, 0.25) is 0 Å². The zero-order valence-corrected chi connectivity index (χ0v) is 13.0. The molecule has 0 fully saturated rings. The number of carbonyl (C=O) groups is 1. The van der Waals surface area contributed by atoms with E-state index in [1.807, 2.05) is 37.3 Å². The monoisotopic (exact) mass is 309 g/mol. The van der Waals surface area contributed by atoms with Gasteiger partial charge in [-0.25, -0.2) is 4.98 Å². The van der Waals surface area contributed by atoms with Gasteiger partial charge in [0.25, 0.3) is 0 Å². The fourth-order valence-electron chi connectivity index (χ4n) is 2.00. The van der Waals surface area contributed by atoms with Gasteiger partial charge in [0, 0.05) is 29.4 Å². The molecular weight excluding hydrogens is 294 g/mol. The summed E-state index contributed by atoms with van der Waals surface area (Å²) >= 11 is 1.56. The first-order valence-electron chi connectivity index (χ1n) is 7.02. The van der Waals surface area contributed by atoms with Crippen molar-refractivity contribution in [2.45, 2.75) is 13.5 Å². The van der Waals surface area contributed by atoms with Crippen molar-refractivity contribution in [3.05, 3.63) is 65.4 Å². The molecular formula is C17H15N3OS. The maximum absolute atomic E-state index is 12.1. The molecule has 0 bridgehead atoms. The average Bonchev–Trinajstić information content (AvgIpc) is 3.22. The lowest BCUT2D eigenvalue weighted by atomic mass is 10.2. The molecule has 0 unspecified atom stereocenters. The van der Waals surface area contributed by atoms with Gasteiger partial charge in [0.15, 0.2) is 5.78 Å². The first kappa shape index (κ1) is 14.4. The SMILES string of the molecule is CCn1cc(C(=O)C=Cc2cnc(-c3ccccc3)s2)cn1. The molecule has 0 radical (unpaired) electrons. The summed E-state index contributed by atoms with van der Waals surface area (Å²) in [5.41, 5.74) is 1.69. The van der Waals surface area contributed by atoms with Crippen LogP contribution in [0.1, 0.15) is 22.2 Å². The summed E-state index contributed by atoms with van der Waals surface area (Å²) in [6.45, 7) is 2.74. The predicted molar refractivity (Wildman–Crippen MR) is 88.8 cm³/mol. The van der Waals surface area contributed by atoms with Crippen molar-refractivity contribution >= 4 is 23.2 Å². The van der Waals surface area contributed by atoms with E-state index in [2.05, 4.69) is 10.1 Å². The van der Waals surface area contributed by atoms with Crippen LogP contribution in [0.5, 0.6) is 0 Å². The largest absolute Gasteiger partial charge is 0.289 e. The number of allylic oxidation sites excluding steroid dienone is 1. The van der Waals surface area contributed by atoms with E-state index in [0.717, 1.165) is 22.0 Å². The molecule has 0 aliphatic heterocycles. The molecule has 3 rings (SSSR count). The van der Waals surface area contributed by atoms with Crippen molar-refractivity contribution < 1.29 is 4.79 Å². The van der Waals surface area contributed by atoms with Crippen molar-refractivity contribution in [1.29, 1.82) is 0 Å². The molecule has 3 aromatic rings. The van der Waals surface area contributed by atoms with Gasteiger partial charge >= 0.3 is 0 Å². The van der Waals surface area contributed by atoms with Gasteiger partial charge in [-0.1, -0.05) is 30.3 Å². The fraction of sp³-hybridized carbons (Fsp3) is 0.118. The van der Waals surface area contributed by atoms with E-state index in [-0.39, 0.29) is 5.78 Å². The first-order valence-corrected chi connectivity index (χ1v) is 7.84. The minimum Gasteiger partial charge on any atom is -0.289 e. The Labute approximate surface area is 132 Å². The number of aryl methyl sites for hydroxylation is 1. The molecule has 0 aliphatic rings. The summed E-state index contributed by atoms with van der Waals surface area (Å²) in [5.74, 6) is -0.0469. The van der Waals surface area contributed by atoms with Crippen LogP contribution in [0.25, 0.3) is 16.6 Å². The normalized spacial score (nSPS) is 11.1. The summed E-state index contributed by atoms with van der Waals surface area (Å²) < 4.78 is 1.74. The fourth-order valence-corrected chi connectivity index (χ4v) is 2.82. The highest BCUT2D eigenvalue weighted by Gasteiger charge is 2.06. The summed E-state index contributed by atoms with van der Waals surface area (Å²) in [6.07, 6.45) is 8.51. The van der Waals surface area contributed by atoms with Crippen molar-refractivity contribution in [1.82, 2.24) is 14.8 Å². The van der Waals surface area contributed by atoms with Crippen LogP contribution in [0, 0.1) is 0 Å². The Morgan fingerprint density at radius 1 is 1.27 bits per heavy atom. The molecule has 0 atom stereocenters. The number of carbonyl (C=O) groups excluding carboxylic acids is 1. The van der Waals surface area contributed by atoms with Crippen molar-refractivity contribution in [3.63, 3.8) is 0 Å². The Balaban J connectivity index is 1.73. The molecule has 0 saturated carbocycles. The summed E-state index contributed by atoms with van der Waals surface area (Å²) in [7, 11) is 0. The molecule has 4 nitrogen and oxygen atoms in total. The van der Waals surface area contributed by atoms with Gasteiger partial charge in [0.05, 0.1) is 11.8 Å². The maximum atomic E-state index is 12.1. The standard InChI is InChI=1S/C17H15N3OS/c1-2-20-12-14(10-19-20)16(21)9-8-15-11-18-17(22-15)13-6-4-3-5-7-13/h3-12H,2H2,1H3. The summed E-state index contributed by atoms with van der Waals surface area (Å²) in [6, 6.07) is 10.0. The molecule has 0 aliphatic carbocycles. The van der Waals surface area contributed by atoms with E-state index < -0.39 is 0 Å². The third kappa shape index (κ3) is 3.20. The molecule has 110 valence electrons. The molecule has 0 spiro atoms. The number of ketones is 1. The molecule has 0 amide bonds. The van der Waals surface area contributed by atoms with E-state index in [0.29, 0.717) is 5.56 Å². The second-order valence-corrected chi connectivity index (χ2v) is 5.78. The van der Waals surface area contributed by atoms with Crippen molar-refractivity contribution in [3.8, 4) is 10.6 Å². The van der Waals surface area contributed by atoms with E-state index in [4.69, 9.17) is 0 Å². The Kier molecular flexibility index (Phi) is 4.25. The van der Waals surface area contributed by atoms with Crippen molar-refractivity contribution in [2.75, 3.05) is 0 Å². The molecule has 0 saturated heterocycles. The topological polar surface area (TPSA) is 47.8 Å². The Morgan fingerprint density at radius 3 is 2.82 bits per heavy atom. The van der Waals surface area contributed by atoms with Gasteiger partial charge in [0.1, 0.15) is 5.01 Å². The maximum Gasteiger partial charge on any atom is 0.189 e. The smallest absolute Gasteiger partial charge is 0.189 e. The van der Waals surface area contributed by atoms with Gasteiger partial charge in [-0.15, -0.1) is 11.3 Å². The molecule has 2 aromatic heterocycles. The van der Waals surface area contributed by atoms with Crippen LogP contribution in [-0.2, 0) is 6.54 Å². The number of benzene rings is 1. The zero-order chi connectivity index (χ0) is 15.4. The number of hydrogen-bond acceptors (Lipinski definition) is 4. The Bertz CT molecular complexity index is 802. The lowest BCUT2D eigenvalue weighted by Gasteiger charge is -1.92. The highest BCUT2D eigenvalue weighted by Crippen LogP contribution is 2.25. The van der Waals surface area contributed by atoms with Crippen LogP contribution < -0.4 is 0 Å². The second kappa shape index (κ2) is 6.49. The number of nitrogens with zero attached hydrogens (tertiary/aromatic N) is 3. The first-order chi connectivity index (χ1) is 10.8. The van der Waals surface area contributed by atoms with Crippen LogP contribution in [0.15, 0.2) is 55.0 Å². The third-order valence-electron chi connectivity index (χ3n) is 3.19. The summed E-state index contributed by atoms with van der Waals surface area (Å²) in [5, 5.41) is 5.06. The minimum atomic E-state index is -0.0469. The number of thiazole rings is 1. The number of aromatic nitrogens is 3. The van der Waals surface area contributed by atoms with Gasteiger partial charge < -0.3 is 0 Å². The Hall–Kier alpha value is -2.53. The van der Waals surface area contributed by atoms with Crippen LogP contribution in [0.2, 0.25) is 0 Å². The van der Waals surface area contributed by atoms with E-state index >= 15 is 0 Å². The molecule has 0 N–H and O–H groups in total. The van der Waals surface area contributed by atoms with E-state index in [1.54, 1.807) is 46.8 Å². The molecule has 2 heterocycles. The van der Waals surface area contributed by atoms with Crippen LogP contribution >= 0.6 is 11.3 Å². The van der Waals surface area contributed by atoms with Crippen LogP contribution in [0.3, 0.4) is 0 Å². The van der Waals surface area contributed by atoms with Gasteiger partial charge in [-0.3, -0.25) is 9.48 Å². The highest BCUT2D eigenvalue weighted by atomic mass is 32.1. The minimum absolute atomic E-state index is 0.0469. The van der Waals surface area contributed by atoms with E-state index in [9.17, 15) is 4.79 Å². The predicted octanol–water partition coefficient (Wildman–Crippen LogP) is 3.92. The highest BCUT2D eigenvalue weighted by molar-refractivity contribution is 7.15. The zero-order valence-electron chi connectivity index (χ0n) is 12.1. The Morgan fingerprint density at radius 2 is 2.09 bits per heavy atom.